The molecule has 6 heteroatoms. The van der Waals surface area contributed by atoms with Gasteiger partial charge in [-0.1, -0.05) is 61.5 Å². The van der Waals surface area contributed by atoms with Gasteiger partial charge in [-0.05, 0) is 101 Å². The van der Waals surface area contributed by atoms with Gasteiger partial charge in [0.1, 0.15) is 11.6 Å². The maximum Gasteiger partial charge on any atom is 0.346 e. The molecule has 0 amide bonds. The topological polar surface area (TPSA) is 66.0 Å². The van der Waals surface area contributed by atoms with E-state index in [-0.39, 0.29) is 5.57 Å². The van der Waals surface area contributed by atoms with E-state index in [0.717, 1.165) is 14.6 Å². The highest BCUT2D eigenvalue weighted by Crippen LogP contribution is 2.46. The number of para-hydroxylation sites is 1. The van der Waals surface area contributed by atoms with E-state index in [0.29, 0.717) is 5.92 Å². The second-order valence-electron chi connectivity index (χ2n) is 11.4. The fraction of sp³-hybridized carbons (Fsp3) is 0.0500. The molecule has 7 aromatic rings. The van der Waals surface area contributed by atoms with Crippen molar-refractivity contribution in [3.8, 4) is 33.3 Å². The molecule has 1 aliphatic carbocycles. The molecule has 4 aromatic carbocycles. The number of aliphatic carboxylic acids is 1. The van der Waals surface area contributed by atoms with Crippen molar-refractivity contribution in [1.82, 2.24) is 4.57 Å². The molecule has 0 aliphatic heterocycles. The van der Waals surface area contributed by atoms with Crippen LogP contribution in [-0.2, 0) is 4.79 Å². The lowest BCUT2D eigenvalue weighted by Crippen LogP contribution is -1.96. The van der Waals surface area contributed by atoms with Crippen LogP contribution in [0.2, 0.25) is 0 Å². The fourth-order valence-electron chi connectivity index (χ4n) is 6.57. The lowest BCUT2D eigenvalue weighted by Gasteiger charge is -2.12. The van der Waals surface area contributed by atoms with E-state index >= 15 is 0 Å². The molecule has 0 spiro atoms. The van der Waals surface area contributed by atoms with E-state index in [9.17, 15) is 4.79 Å². The first-order chi connectivity index (χ1) is 22.5. The molecular formula is C40H26N2O2S2. The zero-order chi connectivity index (χ0) is 31.4. The highest BCUT2D eigenvalue weighted by molar-refractivity contribution is 7.16. The minimum Gasteiger partial charge on any atom is -0.477 e. The van der Waals surface area contributed by atoms with Crippen LogP contribution in [0, 0.1) is 11.3 Å². The average Bonchev–Trinajstić information content (AvgIpc) is 3.87. The molecular weight excluding hydrogens is 605 g/mol. The first-order valence-corrected chi connectivity index (χ1v) is 16.6. The summed E-state index contributed by atoms with van der Waals surface area (Å²) in [5.41, 5.74) is 9.93. The molecule has 46 heavy (non-hydrogen) atoms. The standard InChI is InChI=1S/C40H26N2O2S2/c1-24-31-6-2-3-7-32(31)33-17-11-27(22-35(24)33)42-37-9-5-4-8-34(37)36-21-25(10-18-38(36)42)39-19-16-29(46-39)13-12-28-14-15-30(45-28)20-26(23-41)40(43)44/h2-22,24H,1H3,(H,43,44)/b13-12+,26-20+/t24-/m1/s1. The zero-order valence-corrected chi connectivity index (χ0v) is 26.4. The van der Waals surface area contributed by atoms with E-state index in [1.54, 1.807) is 17.4 Å². The third-order valence-corrected chi connectivity index (χ3v) is 10.9. The van der Waals surface area contributed by atoms with Crippen LogP contribution in [0.25, 0.3) is 67.3 Å². The molecule has 0 unspecified atom stereocenters. The second-order valence-corrected chi connectivity index (χ2v) is 13.7. The second kappa shape index (κ2) is 11.1. The van der Waals surface area contributed by atoms with Gasteiger partial charge in [0, 0.05) is 41.9 Å². The molecule has 1 atom stereocenters. The van der Waals surface area contributed by atoms with Crippen LogP contribution in [0.4, 0.5) is 0 Å². The number of carbonyl (C=O) groups is 1. The highest BCUT2D eigenvalue weighted by atomic mass is 32.1. The van der Waals surface area contributed by atoms with Crippen LogP contribution in [-0.4, -0.2) is 15.6 Å². The van der Waals surface area contributed by atoms with E-state index < -0.39 is 5.97 Å². The summed E-state index contributed by atoms with van der Waals surface area (Å²) < 4.78 is 2.40. The van der Waals surface area contributed by atoms with Gasteiger partial charge < -0.3 is 9.67 Å². The van der Waals surface area contributed by atoms with E-state index in [1.807, 2.05) is 18.2 Å². The van der Waals surface area contributed by atoms with Crippen LogP contribution in [0.15, 0.2) is 115 Å². The Balaban J connectivity index is 1.13. The van der Waals surface area contributed by atoms with Gasteiger partial charge in [0.2, 0.25) is 0 Å². The molecule has 1 N–H and O–H groups in total. The number of hydrogen-bond acceptors (Lipinski definition) is 4. The minimum atomic E-state index is -1.22. The first-order valence-electron chi connectivity index (χ1n) is 15.0. The maximum absolute atomic E-state index is 11.2. The number of nitriles is 1. The van der Waals surface area contributed by atoms with Gasteiger partial charge in [-0.3, -0.25) is 0 Å². The normalized spacial score (nSPS) is 14.2. The number of nitrogens with zero attached hydrogens (tertiary/aromatic N) is 2. The van der Waals surface area contributed by atoms with Crippen molar-refractivity contribution in [1.29, 1.82) is 5.26 Å². The summed E-state index contributed by atoms with van der Waals surface area (Å²) in [6.07, 6.45) is 5.51. The lowest BCUT2D eigenvalue weighted by atomic mass is 9.99. The summed E-state index contributed by atoms with van der Waals surface area (Å²) in [5.74, 6) is -0.856. The SMILES string of the molecule is C[C@@H]1c2ccccc2-c2ccc(-n3c4ccccc4c4cc(-c5ccc(/C=C/c6ccc(/C=C(\C#N)C(=O)O)s6)s5)ccc43)cc21. The Morgan fingerprint density at radius 2 is 1.48 bits per heavy atom. The van der Waals surface area contributed by atoms with Crippen molar-refractivity contribution in [3.05, 3.63) is 141 Å². The number of fused-ring (bicyclic) bond motifs is 6. The molecule has 220 valence electrons. The first kappa shape index (κ1) is 28.0. The Bertz CT molecular complexity index is 2450. The van der Waals surface area contributed by atoms with Gasteiger partial charge in [0.25, 0.3) is 0 Å². The summed E-state index contributed by atoms with van der Waals surface area (Å²) in [4.78, 5) is 15.2. The Hall–Kier alpha value is -5.48. The Kier molecular flexibility index (Phi) is 6.79. The fourth-order valence-corrected chi connectivity index (χ4v) is 8.33. The Morgan fingerprint density at radius 3 is 2.33 bits per heavy atom. The number of carboxylic acids is 1. The van der Waals surface area contributed by atoms with Crippen molar-refractivity contribution < 1.29 is 9.90 Å². The van der Waals surface area contributed by atoms with Crippen molar-refractivity contribution in [2.75, 3.05) is 0 Å². The van der Waals surface area contributed by atoms with Crippen molar-refractivity contribution in [2.45, 2.75) is 12.8 Å². The zero-order valence-electron chi connectivity index (χ0n) is 24.8. The largest absolute Gasteiger partial charge is 0.477 e. The van der Waals surface area contributed by atoms with Crippen LogP contribution in [0.5, 0.6) is 0 Å². The van der Waals surface area contributed by atoms with Gasteiger partial charge in [-0.25, -0.2) is 4.79 Å². The molecule has 3 aromatic heterocycles. The summed E-state index contributed by atoms with van der Waals surface area (Å²) in [6, 6.07) is 40.9. The number of thiophene rings is 2. The summed E-state index contributed by atoms with van der Waals surface area (Å²) in [7, 11) is 0. The van der Waals surface area contributed by atoms with E-state index in [1.165, 1.54) is 77.6 Å². The van der Waals surface area contributed by atoms with E-state index in [2.05, 4.69) is 115 Å². The van der Waals surface area contributed by atoms with Crippen LogP contribution in [0.1, 0.15) is 38.6 Å². The quantitative estimate of drug-likeness (QED) is 0.147. The van der Waals surface area contributed by atoms with Crippen LogP contribution < -0.4 is 0 Å². The van der Waals surface area contributed by atoms with Gasteiger partial charge in [-0.2, -0.15) is 5.26 Å². The molecule has 1 aliphatic rings. The predicted molar refractivity (Wildman–Crippen MR) is 192 cm³/mol. The third kappa shape index (κ3) is 4.69. The van der Waals surface area contributed by atoms with Crippen LogP contribution >= 0.6 is 22.7 Å². The molecule has 0 radical (unpaired) electrons. The highest BCUT2D eigenvalue weighted by Gasteiger charge is 2.26. The van der Waals surface area contributed by atoms with Gasteiger partial charge in [0.15, 0.2) is 0 Å². The molecule has 0 fully saturated rings. The van der Waals surface area contributed by atoms with Crippen LogP contribution in [0.3, 0.4) is 0 Å². The number of rotatable bonds is 6. The number of carboxylic acid groups (broad SMARTS) is 1. The predicted octanol–water partition coefficient (Wildman–Crippen LogP) is 10.9. The Morgan fingerprint density at radius 1 is 0.761 bits per heavy atom. The molecule has 4 nitrogen and oxygen atoms in total. The van der Waals surface area contributed by atoms with Crippen molar-refractivity contribution >= 4 is 68.7 Å². The van der Waals surface area contributed by atoms with Gasteiger partial charge >= 0.3 is 5.97 Å². The van der Waals surface area contributed by atoms with E-state index in [4.69, 9.17) is 10.4 Å². The maximum atomic E-state index is 11.2. The number of hydrogen-bond donors (Lipinski definition) is 1. The summed E-state index contributed by atoms with van der Waals surface area (Å²) in [5, 5.41) is 20.6. The summed E-state index contributed by atoms with van der Waals surface area (Å²) >= 11 is 3.18. The van der Waals surface area contributed by atoms with Gasteiger partial charge in [0.05, 0.1) is 11.0 Å². The minimum absolute atomic E-state index is 0.270. The van der Waals surface area contributed by atoms with Crippen molar-refractivity contribution in [3.63, 3.8) is 0 Å². The third-order valence-electron chi connectivity index (χ3n) is 8.76. The molecule has 0 saturated carbocycles. The van der Waals surface area contributed by atoms with Crippen molar-refractivity contribution in [2.24, 2.45) is 0 Å². The number of benzene rings is 4. The molecule has 0 bridgehead atoms. The lowest BCUT2D eigenvalue weighted by molar-refractivity contribution is -0.132. The monoisotopic (exact) mass is 630 g/mol. The Labute approximate surface area is 274 Å². The summed E-state index contributed by atoms with van der Waals surface area (Å²) in [6.45, 7) is 2.31. The average molecular weight is 631 g/mol. The van der Waals surface area contributed by atoms with Gasteiger partial charge in [-0.15, -0.1) is 22.7 Å². The molecule has 3 heterocycles. The number of aromatic nitrogens is 1. The molecule has 8 rings (SSSR count). The molecule has 0 saturated heterocycles. The smallest absolute Gasteiger partial charge is 0.346 e.